The van der Waals surface area contributed by atoms with Gasteiger partial charge in [-0.3, -0.25) is 14.6 Å². The zero-order valence-electron chi connectivity index (χ0n) is 25.3. The number of fused-ring (bicyclic) bond motifs is 6. The summed E-state index contributed by atoms with van der Waals surface area (Å²) in [6.45, 7) is 8.44. The molecule has 4 aliphatic carbocycles. The Bertz CT molecular complexity index is 1490. The minimum absolute atomic E-state index is 0.0505. The van der Waals surface area contributed by atoms with Crippen molar-refractivity contribution < 1.29 is 19.4 Å². The number of aromatic nitrogens is 2. The van der Waals surface area contributed by atoms with Crippen LogP contribution in [-0.2, 0) is 11.2 Å². The van der Waals surface area contributed by atoms with E-state index in [1.165, 1.54) is 17.7 Å². The average molecular weight is 587 g/mol. The lowest BCUT2D eigenvalue weighted by Gasteiger charge is -2.60. The monoisotopic (exact) mass is 586 g/mol. The van der Waals surface area contributed by atoms with Crippen molar-refractivity contribution in [3.63, 3.8) is 0 Å². The molecule has 4 fully saturated rings. The second-order valence-corrected chi connectivity index (χ2v) is 14.3. The first-order valence-corrected chi connectivity index (χ1v) is 15.9. The molecule has 4 unspecified atom stereocenters. The van der Waals surface area contributed by atoms with Crippen molar-refractivity contribution in [1.82, 2.24) is 19.6 Å². The Morgan fingerprint density at radius 1 is 1.14 bits per heavy atom. The molecule has 1 saturated heterocycles. The van der Waals surface area contributed by atoms with Gasteiger partial charge in [0.05, 0.1) is 36.8 Å². The fraction of sp³-hybridized carbons (Fsp3) is 0.600. The molecule has 2 heterocycles. The van der Waals surface area contributed by atoms with Crippen LogP contribution in [0.4, 0.5) is 4.39 Å². The maximum Gasteiger partial charge on any atom is 0.178 e. The van der Waals surface area contributed by atoms with Crippen molar-refractivity contribution in [3.05, 3.63) is 53.1 Å². The predicted octanol–water partition coefficient (Wildman–Crippen LogP) is 3.72. The number of aliphatic hydroxyl groups is 2. The number of benzene rings is 1. The smallest absolute Gasteiger partial charge is 0.178 e. The first-order chi connectivity index (χ1) is 20.6. The van der Waals surface area contributed by atoms with Gasteiger partial charge in [0, 0.05) is 31.6 Å². The van der Waals surface area contributed by atoms with Gasteiger partial charge < -0.3 is 10.2 Å². The number of allylic oxidation sites excluding steroid dienone is 1. The summed E-state index contributed by atoms with van der Waals surface area (Å²) < 4.78 is 15.5. The number of Topliss-reactive ketones (excluding diaryl/α,β-unsaturated/α-hetero) is 1. The Balaban J connectivity index is 1.12. The van der Waals surface area contributed by atoms with Crippen molar-refractivity contribution in [1.29, 1.82) is 0 Å². The van der Waals surface area contributed by atoms with Gasteiger partial charge in [-0.2, -0.15) is 5.10 Å². The van der Waals surface area contributed by atoms with Crippen LogP contribution >= 0.6 is 0 Å². The topological polar surface area (TPSA) is 81.8 Å². The molecule has 5 aliphatic rings. The number of carbonyl (C=O) groups is 1. The molecule has 7 atom stereocenters. The van der Waals surface area contributed by atoms with Crippen LogP contribution in [0.2, 0.25) is 0 Å². The van der Waals surface area contributed by atoms with Crippen LogP contribution < -0.4 is 0 Å². The molecule has 43 heavy (non-hydrogen) atoms. The number of rotatable bonds is 5. The van der Waals surface area contributed by atoms with E-state index < -0.39 is 17.1 Å². The molecule has 1 aromatic heterocycles. The third-order valence-electron chi connectivity index (χ3n) is 12.3. The summed E-state index contributed by atoms with van der Waals surface area (Å²) in [5.74, 6) is 2.81. The van der Waals surface area contributed by atoms with Crippen molar-refractivity contribution in [2.45, 2.75) is 64.1 Å². The van der Waals surface area contributed by atoms with Gasteiger partial charge in [0.1, 0.15) is 11.4 Å². The molecule has 2 aromatic rings. The third kappa shape index (κ3) is 4.38. The summed E-state index contributed by atoms with van der Waals surface area (Å²) in [6.07, 6.45) is 13.4. The van der Waals surface area contributed by atoms with Crippen molar-refractivity contribution in [2.75, 3.05) is 39.3 Å². The van der Waals surface area contributed by atoms with E-state index in [1.54, 1.807) is 12.1 Å². The zero-order valence-corrected chi connectivity index (χ0v) is 25.3. The van der Waals surface area contributed by atoms with Gasteiger partial charge in [0.15, 0.2) is 5.78 Å². The predicted molar refractivity (Wildman–Crippen MR) is 163 cm³/mol. The van der Waals surface area contributed by atoms with Gasteiger partial charge >= 0.3 is 0 Å². The van der Waals surface area contributed by atoms with E-state index in [4.69, 9.17) is 6.42 Å². The van der Waals surface area contributed by atoms with Crippen molar-refractivity contribution in [3.8, 4) is 18.0 Å². The van der Waals surface area contributed by atoms with Crippen LogP contribution in [0.5, 0.6) is 0 Å². The molecular weight excluding hydrogens is 543 g/mol. The first kappa shape index (κ1) is 28.9. The molecule has 7 nitrogen and oxygen atoms in total. The zero-order chi connectivity index (χ0) is 30.1. The minimum Gasteiger partial charge on any atom is -0.393 e. The van der Waals surface area contributed by atoms with E-state index in [0.29, 0.717) is 19.4 Å². The van der Waals surface area contributed by atoms with Gasteiger partial charge in [0.2, 0.25) is 0 Å². The molecule has 228 valence electrons. The number of piperazine rings is 1. The van der Waals surface area contributed by atoms with Crippen LogP contribution in [-0.4, -0.2) is 86.6 Å². The highest BCUT2D eigenvalue weighted by molar-refractivity contribution is 5.90. The summed E-state index contributed by atoms with van der Waals surface area (Å²) in [5, 5.41) is 28.8. The number of hydrogen-bond donors (Lipinski definition) is 2. The van der Waals surface area contributed by atoms with Crippen molar-refractivity contribution in [2.24, 2.45) is 28.6 Å². The molecule has 0 amide bonds. The number of terminal acetylenes is 1. The lowest BCUT2D eigenvalue weighted by molar-refractivity contribution is -0.180. The second kappa shape index (κ2) is 10.4. The molecular formula is C35H43FN4O3. The Morgan fingerprint density at radius 3 is 2.58 bits per heavy atom. The highest BCUT2D eigenvalue weighted by Gasteiger charge is 2.68. The highest BCUT2D eigenvalue weighted by atomic mass is 19.1. The number of nitrogens with zero attached hydrogens (tertiary/aromatic N) is 4. The lowest BCUT2D eigenvalue weighted by atomic mass is 9.45. The number of halogens is 1. The van der Waals surface area contributed by atoms with Crippen LogP contribution in [0.3, 0.4) is 0 Å². The molecule has 8 heteroatoms. The van der Waals surface area contributed by atoms with Crippen LogP contribution in [0.15, 0.2) is 36.0 Å². The Labute approximate surface area is 253 Å². The molecule has 1 aliphatic heterocycles. The summed E-state index contributed by atoms with van der Waals surface area (Å²) in [7, 11) is 0. The number of ketones is 1. The molecule has 1 aromatic carbocycles. The fourth-order valence-electron chi connectivity index (χ4n) is 10.0. The van der Waals surface area contributed by atoms with Crippen LogP contribution in [0.25, 0.3) is 11.8 Å². The molecule has 7 rings (SSSR count). The molecule has 0 radical (unpaired) electrons. The summed E-state index contributed by atoms with van der Waals surface area (Å²) in [6, 6.07) is 6.41. The quantitative estimate of drug-likeness (QED) is 0.520. The lowest BCUT2D eigenvalue weighted by Crippen LogP contribution is -2.63. The molecule has 0 spiro atoms. The van der Waals surface area contributed by atoms with Gasteiger partial charge in [-0.25, -0.2) is 9.07 Å². The standard InChI is InChI=1S/C35H43FN4O3/c1-4-13-38-14-16-39(17-15-38)22-31(42)35(43)12-11-28-27-10-5-24-18-29-23(21-37-40(29)26-8-6-25(36)7-9-26)19-33(24,2)32(27)30(41)20-34(28,35)3/h1,6-9,18,21,27-28,30,32,41,43H,5,10-17,19-20,22H2,2-3H3/t27?,28?,30?,32?,33-,34-,35-/m0/s1. The summed E-state index contributed by atoms with van der Waals surface area (Å²) in [5.41, 5.74) is 2.03. The van der Waals surface area contributed by atoms with Gasteiger partial charge in [-0.05, 0) is 97.6 Å². The van der Waals surface area contributed by atoms with E-state index >= 15 is 0 Å². The summed E-state index contributed by atoms with van der Waals surface area (Å²) in [4.78, 5) is 18.2. The fourth-order valence-corrected chi connectivity index (χ4v) is 10.0. The van der Waals surface area contributed by atoms with Crippen LogP contribution in [0.1, 0.15) is 57.2 Å². The Hall–Kier alpha value is -2.83. The minimum atomic E-state index is -1.42. The van der Waals surface area contributed by atoms with Gasteiger partial charge in [-0.1, -0.05) is 25.3 Å². The summed E-state index contributed by atoms with van der Waals surface area (Å²) >= 11 is 0. The molecule has 3 saturated carbocycles. The average Bonchev–Trinajstić information content (AvgIpc) is 3.50. The molecule has 2 N–H and O–H groups in total. The van der Waals surface area contributed by atoms with E-state index in [0.717, 1.165) is 68.8 Å². The third-order valence-corrected chi connectivity index (χ3v) is 12.3. The van der Waals surface area contributed by atoms with Gasteiger partial charge in [0.25, 0.3) is 0 Å². The van der Waals surface area contributed by atoms with Gasteiger partial charge in [-0.15, -0.1) is 6.42 Å². The molecule has 0 bridgehead atoms. The number of carbonyl (C=O) groups excluding carboxylic acids is 1. The second-order valence-electron chi connectivity index (χ2n) is 14.3. The van der Waals surface area contributed by atoms with E-state index in [-0.39, 0.29) is 41.3 Å². The number of hydrogen-bond acceptors (Lipinski definition) is 6. The Morgan fingerprint density at radius 2 is 1.86 bits per heavy atom. The number of aliphatic hydroxyl groups excluding tert-OH is 1. The van der Waals surface area contributed by atoms with E-state index in [1.807, 2.05) is 10.9 Å². The SMILES string of the molecule is C#CCN1CCN(CC(=O)[C@@]2(O)CCC3C4CCC5=Cc6c(cnn6-c6ccc(F)cc6)C[C@]5(C)C4C(O)C[C@@]32C)CC1. The van der Waals surface area contributed by atoms with E-state index in [9.17, 15) is 19.4 Å². The maximum absolute atomic E-state index is 13.9. The maximum atomic E-state index is 13.9. The normalized spacial score (nSPS) is 37.4. The Kier molecular flexibility index (Phi) is 6.98. The largest absolute Gasteiger partial charge is 0.393 e. The van der Waals surface area contributed by atoms with E-state index in [2.05, 4.69) is 40.7 Å². The highest BCUT2D eigenvalue weighted by Crippen LogP contribution is 2.67. The van der Waals surface area contributed by atoms with Crippen molar-refractivity contribution >= 4 is 11.9 Å². The first-order valence-electron chi connectivity index (χ1n) is 15.9. The van der Waals surface area contributed by atoms with Crippen LogP contribution in [0, 0.1) is 46.7 Å².